The number of carbonyl (C=O) groups excluding carboxylic acids is 2. The number of hydrogen-bond acceptors (Lipinski definition) is 4. The molecule has 2 aliphatic heterocycles. The lowest BCUT2D eigenvalue weighted by Crippen LogP contribution is -3.19. The van der Waals surface area contributed by atoms with Crippen molar-refractivity contribution in [3.63, 3.8) is 0 Å². The third-order valence-electron chi connectivity index (χ3n) is 5.68. The molecule has 1 atom stereocenters. The Morgan fingerprint density at radius 3 is 2.17 bits per heavy atom. The van der Waals surface area contributed by atoms with E-state index < -0.39 is 16.1 Å². The van der Waals surface area contributed by atoms with Crippen LogP contribution in [0.4, 0.5) is 5.69 Å². The highest BCUT2D eigenvalue weighted by molar-refractivity contribution is 7.89. The van der Waals surface area contributed by atoms with Crippen molar-refractivity contribution in [2.24, 2.45) is 0 Å². The molecule has 0 unspecified atom stereocenters. The van der Waals surface area contributed by atoms with E-state index in [9.17, 15) is 18.0 Å². The van der Waals surface area contributed by atoms with Crippen LogP contribution in [0.15, 0.2) is 59.5 Å². The predicted molar refractivity (Wildman–Crippen MR) is 108 cm³/mol. The zero-order chi connectivity index (χ0) is 20.6. The van der Waals surface area contributed by atoms with Crippen LogP contribution in [0.3, 0.4) is 0 Å². The number of benzene rings is 2. The highest BCUT2D eigenvalue weighted by Crippen LogP contribution is 2.22. The van der Waals surface area contributed by atoms with Crippen molar-refractivity contribution in [1.82, 2.24) is 4.31 Å². The van der Waals surface area contributed by atoms with Gasteiger partial charge < -0.3 is 4.90 Å². The van der Waals surface area contributed by atoms with Crippen LogP contribution >= 0.6 is 0 Å². The summed E-state index contributed by atoms with van der Waals surface area (Å²) in [5.41, 5.74) is 1.59. The summed E-state index contributed by atoms with van der Waals surface area (Å²) in [6.45, 7) is 3.57. The van der Waals surface area contributed by atoms with Gasteiger partial charge in [-0.05, 0) is 31.2 Å². The smallest absolute Gasteiger partial charge is 0.292 e. The fraction of sp³-hybridized carbons (Fsp3) is 0.333. The van der Waals surface area contributed by atoms with Gasteiger partial charge in [0.25, 0.3) is 5.91 Å². The molecule has 2 heterocycles. The highest BCUT2D eigenvalue weighted by Gasteiger charge is 2.47. The van der Waals surface area contributed by atoms with Crippen molar-refractivity contribution in [1.29, 1.82) is 0 Å². The Balaban J connectivity index is 1.44. The van der Waals surface area contributed by atoms with Crippen LogP contribution in [0.25, 0.3) is 0 Å². The van der Waals surface area contributed by atoms with Crippen LogP contribution in [0.5, 0.6) is 0 Å². The van der Waals surface area contributed by atoms with Gasteiger partial charge in [-0.3, -0.25) is 9.59 Å². The Morgan fingerprint density at radius 1 is 0.931 bits per heavy atom. The monoisotopic (exact) mass is 414 g/mol. The van der Waals surface area contributed by atoms with Crippen molar-refractivity contribution in [2.45, 2.75) is 24.3 Å². The van der Waals surface area contributed by atoms with Gasteiger partial charge in [-0.15, -0.1) is 0 Å². The van der Waals surface area contributed by atoms with Gasteiger partial charge in [0.05, 0.1) is 43.2 Å². The number of sulfonamides is 1. The first-order chi connectivity index (χ1) is 13.9. The predicted octanol–water partition coefficient (Wildman–Crippen LogP) is 0.216. The average molecular weight is 415 g/mol. The largest absolute Gasteiger partial charge is 0.322 e. The second-order valence-electron chi connectivity index (χ2n) is 7.54. The van der Waals surface area contributed by atoms with Crippen LogP contribution in [0.2, 0.25) is 0 Å². The number of piperazine rings is 1. The maximum Gasteiger partial charge on any atom is 0.292 e. The Bertz CT molecular complexity index is 1010. The molecule has 1 N–H and O–H groups in total. The molecule has 0 aliphatic carbocycles. The van der Waals surface area contributed by atoms with Gasteiger partial charge in [-0.25, -0.2) is 13.3 Å². The lowest BCUT2D eigenvalue weighted by atomic mass is 10.2. The van der Waals surface area contributed by atoms with Crippen molar-refractivity contribution >= 4 is 27.5 Å². The Hall–Kier alpha value is -2.55. The number of amides is 2. The first kappa shape index (κ1) is 19.8. The first-order valence-electron chi connectivity index (χ1n) is 9.71. The maximum absolute atomic E-state index is 12.9. The summed E-state index contributed by atoms with van der Waals surface area (Å²) in [7, 11) is -3.55. The number of nitrogens with one attached hydrogen (secondary N) is 1. The number of anilines is 1. The summed E-state index contributed by atoms with van der Waals surface area (Å²) in [6.07, 6.45) is 0.160. The Morgan fingerprint density at radius 2 is 1.55 bits per heavy atom. The lowest BCUT2D eigenvalue weighted by Gasteiger charge is -2.33. The van der Waals surface area contributed by atoms with E-state index in [1.165, 1.54) is 9.21 Å². The quantitative estimate of drug-likeness (QED) is 0.726. The van der Waals surface area contributed by atoms with Crippen LogP contribution < -0.4 is 9.80 Å². The molecule has 0 bridgehead atoms. The number of aryl methyl sites for hydroxylation is 1. The molecule has 29 heavy (non-hydrogen) atoms. The van der Waals surface area contributed by atoms with Crippen molar-refractivity contribution in [2.75, 3.05) is 31.1 Å². The molecule has 8 heteroatoms. The van der Waals surface area contributed by atoms with E-state index in [1.54, 1.807) is 48.5 Å². The summed E-state index contributed by atoms with van der Waals surface area (Å²) in [5, 5.41) is 0. The zero-order valence-corrected chi connectivity index (χ0v) is 17.1. The third-order valence-corrected chi connectivity index (χ3v) is 7.59. The van der Waals surface area contributed by atoms with Crippen LogP contribution in [-0.2, 0) is 19.6 Å². The molecule has 2 aliphatic rings. The van der Waals surface area contributed by atoms with Crippen LogP contribution in [0.1, 0.15) is 12.0 Å². The van der Waals surface area contributed by atoms with Gasteiger partial charge in [-0.1, -0.05) is 35.9 Å². The van der Waals surface area contributed by atoms with Gasteiger partial charge in [0.2, 0.25) is 15.9 Å². The van der Waals surface area contributed by atoms with Crippen LogP contribution in [-0.4, -0.2) is 56.8 Å². The number of carbonyl (C=O) groups is 2. The Labute approximate surface area is 170 Å². The fourth-order valence-corrected chi connectivity index (χ4v) is 5.46. The molecular formula is C21H24N3O4S+. The van der Waals surface area contributed by atoms with E-state index in [0.717, 1.165) is 10.5 Å². The molecule has 0 aromatic heterocycles. The van der Waals surface area contributed by atoms with Gasteiger partial charge in [0.15, 0.2) is 6.04 Å². The fourth-order valence-electron chi connectivity index (χ4n) is 4.02. The number of hydrogen-bond donors (Lipinski definition) is 1. The summed E-state index contributed by atoms with van der Waals surface area (Å²) < 4.78 is 27.2. The highest BCUT2D eigenvalue weighted by atomic mass is 32.2. The summed E-state index contributed by atoms with van der Waals surface area (Å²) in [6, 6.07) is 15.3. The topological polar surface area (TPSA) is 79.2 Å². The molecule has 152 valence electrons. The molecule has 0 spiro atoms. The number of quaternary nitrogens is 1. The second kappa shape index (κ2) is 7.70. The molecule has 2 amide bonds. The number of nitrogens with zero attached hydrogens (tertiary/aromatic N) is 2. The minimum Gasteiger partial charge on any atom is -0.322 e. The summed E-state index contributed by atoms with van der Waals surface area (Å²) in [4.78, 5) is 27.9. The van der Waals surface area contributed by atoms with E-state index in [1.807, 2.05) is 13.0 Å². The SMILES string of the molecule is Cc1ccc(S(=O)(=O)N2CC[NH+]([C@@H]3CC(=O)N(c4ccccc4)C3=O)CC2)cc1. The molecular weight excluding hydrogens is 390 g/mol. The maximum atomic E-state index is 12.9. The third kappa shape index (κ3) is 3.71. The molecule has 4 rings (SSSR count). The number of rotatable bonds is 4. The zero-order valence-electron chi connectivity index (χ0n) is 16.2. The summed E-state index contributed by atoms with van der Waals surface area (Å²) >= 11 is 0. The molecule has 2 fully saturated rings. The molecule has 2 aromatic carbocycles. The molecule has 0 saturated carbocycles. The normalized spacial score (nSPS) is 21.7. The van der Waals surface area contributed by atoms with E-state index in [-0.39, 0.29) is 23.1 Å². The molecule has 7 nitrogen and oxygen atoms in total. The van der Waals surface area contributed by atoms with Crippen LogP contribution in [0, 0.1) is 6.92 Å². The summed E-state index contributed by atoms with van der Waals surface area (Å²) in [5.74, 6) is -0.403. The average Bonchev–Trinajstić information content (AvgIpc) is 3.03. The lowest BCUT2D eigenvalue weighted by molar-refractivity contribution is -0.918. The van der Waals surface area contributed by atoms with Gasteiger partial charge in [-0.2, -0.15) is 4.31 Å². The minimum atomic E-state index is -3.55. The standard InChI is InChI=1S/C21H23N3O4S/c1-16-7-9-18(10-8-16)29(27,28)23-13-11-22(12-14-23)19-15-20(25)24(21(19)26)17-5-3-2-4-6-17/h2-10,19H,11-15H2,1H3/p+1/t19-/m1/s1. The van der Waals surface area contributed by atoms with E-state index in [2.05, 4.69) is 0 Å². The minimum absolute atomic E-state index is 0.160. The molecule has 0 radical (unpaired) electrons. The number of imide groups is 1. The number of para-hydroxylation sites is 1. The van der Waals surface area contributed by atoms with Gasteiger partial charge in [0.1, 0.15) is 0 Å². The second-order valence-corrected chi connectivity index (χ2v) is 9.47. The Kier molecular flexibility index (Phi) is 5.24. The van der Waals surface area contributed by atoms with Gasteiger partial charge in [0, 0.05) is 0 Å². The van der Waals surface area contributed by atoms with E-state index in [0.29, 0.717) is 31.9 Å². The van der Waals surface area contributed by atoms with E-state index >= 15 is 0 Å². The van der Waals surface area contributed by atoms with E-state index in [4.69, 9.17) is 0 Å². The van der Waals surface area contributed by atoms with Gasteiger partial charge >= 0.3 is 0 Å². The van der Waals surface area contributed by atoms with Crippen molar-refractivity contribution in [3.05, 3.63) is 60.2 Å². The first-order valence-corrected chi connectivity index (χ1v) is 11.1. The van der Waals surface area contributed by atoms with Crippen molar-refractivity contribution < 1.29 is 22.9 Å². The molecule has 2 aromatic rings. The molecule has 2 saturated heterocycles. The van der Waals surface area contributed by atoms with Crippen molar-refractivity contribution in [3.8, 4) is 0 Å².